The van der Waals surface area contributed by atoms with Gasteiger partial charge in [0, 0.05) is 5.56 Å². The van der Waals surface area contributed by atoms with Crippen LogP contribution in [0.1, 0.15) is 18.1 Å². The lowest BCUT2D eigenvalue weighted by molar-refractivity contribution is -0.141. The number of hydrogen-bond acceptors (Lipinski definition) is 5. The number of benzene rings is 1. The van der Waals surface area contributed by atoms with E-state index in [0.29, 0.717) is 11.5 Å². The van der Waals surface area contributed by atoms with Gasteiger partial charge in [0.05, 0.1) is 26.7 Å². The number of aliphatic hydroxyl groups excluding tert-OH is 2. The molecule has 2 unspecified atom stereocenters. The van der Waals surface area contributed by atoms with Crippen LogP contribution in [0, 0.1) is 0 Å². The summed E-state index contributed by atoms with van der Waals surface area (Å²) in [6.07, 6.45) is -3.32. The highest BCUT2D eigenvalue weighted by molar-refractivity contribution is 5.67. The largest absolute Gasteiger partial charge is 0.497 e. The molecule has 6 nitrogen and oxygen atoms in total. The predicted molar refractivity (Wildman–Crippen MR) is 62.8 cm³/mol. The fraction of sp³-hybridized carbons (Fsp3) is 0.417. The Balaban J connectivity index is 3.01. The predicted octanol–water partition coefficient (Wildman–Crippen LogP) is 0.573. The molecule has 100 valence electrons. The molecule has 0 aliphatic carbocycles. The van der Waals surface area contributed by atoms with Crippen molar-refractivity contribution in [1.29, 1.82) is 0 Å². The molecule has 1 aromatic rings. The van der Waals surface area contributed by atoms with Gasteiger partial charge in [-0.25, -0.2) is 0 Å². The van der Waals surface area contributed by atoms with E-state index in [0.717, 1.165) is 0 Å². The third kappa shape index (κ3) is 3.35. The maximum atomic E-state index is 10.5. The number of aliphatic hydroxyl groups is 2. The first-order valence-corrected chi connectivity index (χ1v) is 5.29. The Morgan fingerprint density at radius 3 is 2.44 bits per heavy atom. The van der Waals surface area contributed by atoms with Gasteiger partial charge in [-0.05, 0) is 18.2 Å². The van der Waals surface area contributed by atoms with Gasteiger partial charge in [0.1, 0.15) is 17.6 Å². The van der Waals surface area contributed by atoms with Gasteiger partial charge in [-0.2, -0.15) is 0 Å². The first-order valence-electron chi connectivity index (χ1n) is 5.29. The molecule has 0 bridgehead atoms. The summed E-state index contributed by atoms with van der Waals surface area (Å²) in [6.45, 7) is 0. The summed E-state index contributed by atoms with van der Waals surface area (Å²) in [4.78, 5) is 10.5. The zero-order valence-electron chi connectivity index (χ0n) is 10.2. The topological polar surface area (TPSA) is 96.2 Å². The normalized spacial score (nSPS) is 13.8. The molecule has 1 aromatic carbocycles. The van der Waals surface area contributed by atoms with E-state index in [1.807, 2.05) is 0 Å². The SMILES string of the molecule is COc1ccc(OC)c(C(O)C(O)CC(=O)O)c1. The van der Waals surface area contributed by atoms with Crippen LogP contribution in [0.4, 0.5) is 0 Å². The molecular formula is C12H16O6. The quantitative estimate of drug-likeness (QED) is 0.688. The van der Waals surface area contributed by atoms with Crippen LogP contribution in [0.5, 0.6) is 11.5 Å². The number of hydrogen-bond donors (Lipinski definition) is 3. The number of carboxylic acids is 1. The Bertz CT molecular complexity index is 417. The van der Waals surface area contributed by atoms with Gasteiger partial charge in [-0.3, -0.25) is 4.79 Å². The number of carbonyl (C=O) groups is 1. The van der Waals surface area contributed by atoms with Crippen LogP contribution in [0.15, 0.2) is 18.2 Å². The lowest BCUT2D eigenvalue weighted by Gasteiger charge is -2.19. The first kappa shape index (κ1) is 14.3. The van der Waals surface area contributed by atoms with Crippen LogP contribution in [0.25, 0.3) is 0 Å². The molecule has 0 fully saturated rings. The Labute approximate surface area is 104 Å². The molecule has 0 heterocycles. The molecule has 0 saturated carbocycles. The van der Waals surface area contributed by atoms with E-state index in [4.69, 9.17) is 14.6 Å². The van der Waals surface area contributed by atoms with Crippen molar-refractivity contribution in [2.45, 2.75) is 18.6 Å². The Kier molecular flexibility index (Phi) is 4.94. The summed E-state index contributed by atoms with van der Waals surface area (Å²) in [6, 6.07) is 4.71. The standard InChI is InChI=1S/C12H16O6/c1-17-7-3-4-10(18-2)8(5-7)12(16)9(13)6-11(14)15/h3-5,9,12-13,16H,6H2,1-2H3,(H,14,15). The van der Waals surface area contributed by atoms with Crippen LogP contribution >= 0.6 is 0 Å². The van der Waals surface area contributed by atoms with Gasteiger partial charge >= 0.3 is 5.97 Å². The third-order valence-corrected chi connectivity index (χ3v) is 2.50. The highest BCUT2D eigenvalue weighted by Gasteiger charge is 2.24. The molecule has 0 radical (unpaired) electrons. The van der Waals surface area contributed by atoms with Crippen LogP contribution < -0.4 is 9.47 Å². The Morgan fingerprint density at radius 1 is 1.28 bits per heavy atom. The number of carboxylic acid groups (broad SMARTS) is 1. The van der Waals surface area contributed by atoms with Gasteiger partial charge in [-0.1, -0.05) is 0 Å². The molecule has 0 aliphatic heterocycles. The monoisotopic (exact) mass is 256 g/mol. The minimum atomic E-state index is -1.41. The molecular weight excluding hydrogens is 240 g/mol. The molecule has 0 aliphatic rings. The van der Waals surface area contributed by atoms with Crippen LogP contribution in [0.3, 0.4) is 0 Å². The van der Waals surface area contributed by atoms with Crippen LogP contribution in [-0.2, 0) is 4.79 Å². The van der Waals surface area contributed by atoms with Crippen molar-refractivity contribution in [2.24, 2.45) is 0 Å². The van der Waals surface area contributed by atoms with E-state index < -0.39 is 24.6 Å². The average Bonchev–Trinajstić information content (AvgIpc) is 2.36. The summed E-state index contributed by atoms with van der Waals surface area (Å²) >= 11 is 0. The van der Waals surface area contributed by atoms with E-state index in [1.165, 1.54) is 20.3 Å². The van der Waals surface area contributed by atoms with E-state index in [9.17, 15) is 15.0 Å². The fourth-order valence-electron chi connectivity index (χ4n) is 1.57. The minimum Gasteiger partial charge on any atom is -0.497 e. The summed E-state index contributed by atoms with van der Waals surface area (Å²) in [5.41, 5.74) is 0.283. The smallest absolute Gasteiger partial charge is 0.306 e. The van der Waals surface area contributed by atoms with Crippen molar-refractivity contribution < 1.29 is 29.6 Å². The highest BCUT2D eigenvalue weighted by atomic mass is 16.5. The van der Waals surface area contributed by atoms with Crippen molar-refractivity contribution >= 4 is 5.97 Å². The summed E-state index contributed by atoms with van der Waals surface area (Å²) in [5.74, 6) is -0.358. The molecule has 18 heavy (non-hydrogen) atoms. The minimum absolute atomic E-state index is 0.283. The van der Waals surface area contributed by atoms with Crippen LogP contribution in [0.2, 0.25) is 0 Å². The van der Waals surface area contributed by atoms with Gasteiger partial charge in [0.25, 0.3) is 0 Å². The Morgan fingerprint density at radius 2 is 1.94 bits per heavy atom. The van der Waals surface area contributed by atoms with Gasteiger partial charge in [0.2, 0.25) is 0 Å². The van der Waals surface area contributed by atoms with Crippen molar-refractivity contribution in [1.82, 2.24) is 0 Å². The van der Waals surface area contributed by atoms with Crippen molar-refractivity contribution in [3.05, 3.63) is 23.8 Å². The summed E-state index contributed by atoms with van der Waals surface area (Å²) in [5, 5.41) is 28.1. The van der Waals surface area contributed by atoms with E-state index in [1.54, 1.807) is 12.1 Å². The molecule has 1 rings (SSSR count). The Hall–Kier alpha value is -1.79. The second kappa shape index (κ2) is 6.23. The maximum Gasteiger partial charge on any atom is 0.306 e. The first-order chi connectivity index (χ1) is 8.49. The van der Waals surface area contributed by atoms with Crippen LogP contribution in [-0.4, -0.2) is 41.6 Å². The van der Waals surface area contributed by atoms with Crippen molar-refractivity contribution in [2.75, 3.05) is 14.2 Å². The third-order valence-electron chi connectivity index (χ3n) is 2.50. The van der Waals surface area contributed by atoms with E-state index in [2.05, 4.69) is 0 Å². The highest BCUT2D eigenvalue weighted by Crippen LogP contribution is 2.31. The lowest BCUT2D eigenvalue weighted by atomic mass is 10.0. The number of methoxy groups -OCH3 is 2. The summed E-state index contributed by atoms with van der Waals surface area (Å²) in [7, 11) is 2.88. The van der Waals surface area contributed by atoms with Gasteiger partial charge in [0.15, 0.2) is 0 Å². The number of ether oxygens (including phenoxy) is 2. The zero-order chi connectivity index (χ0) is 13.7. The maximum absolute atomic E-state index is 10.5. The number of aliphatic carboxylic acids is 1. The second-order valence-electron chi connectivity index (χ2n) is 3.72. The molecule has 0 amide bonds. The number of rotatable bonds is 6. The summed E-state index contributed by atoms with van der Waals surface area (Å²) < 4.78 is 10.0. The molecule has 3 N–H and O–H groups in total. The van der Waals surface area contributed by atoms with Crippen molar-refractivity contribution in [3.63, 3.8) is 0 Å². The van der Waals surface area contributed by atoms with Crippen molar-refractivity contribution in [3.8, 4) is 11.5 Å². The molecule has 0 aromatic heterocycles. The lowest BCUT2D eigenvalue weighted by Crippen LogP contribution is -2.22. The van der Waals surface area contributed by atoms with Gasteiger partial charge < -0.3 is 24.8 Å². The molecule has 0 spiro atoms. The average molecular weight is 256 g/mol. The second-order valence-corrected chi connectivity index (χ2v) is 3.72. The van der Waals surface area contributed by atoms with Gasteiger partial charge in [-0.15, -0.1) is 0 Å². The fourth-order valence-corrected chi connectivity index (χ4v) is 1.57. The molecule has 2 atom stereocenters. The zero-order valence-corrected chi connectivity index (χ0v) is 10.2. The van der Waals surface area contributed by atoms with E-state index in [-0.39, 0.29) is 5.56 Å². The van der Waals surface area contributed by atoms with E-state index >= 15 is 0 Å². The molecule has 0 saturated heterocycles. The molecule has 6 heteroatoms.